The summed E-state index contributed by atoms with van der Waals surface area (Å²) in [4.78, 5) is 4.73. The molecule has 1 atom stereocenters. The molecule has 1 heterocycles. The van der Waals surface area contributed by atoms with Crippen molar-refractivity contribution in [3.8, 4) is 28.5 Å². The molecule has 0 fully saturated rings. The molecule has 37 heavy (non-hydrogen) atoms. The van der Waals surface area contributed by atoms with E-state index in [0.717, 1.165) is 21.2 Å². The van der Waals surface area contributed by atoms with Gasteiger partial charge in [0, 0.05) is 26.4 Å². The minimum absolute atomic E-state index is 0.0690. The molecule has 0 spiro atoms. The number of nitriles is 1. The van der Waals surface area contributed by atoms with E-state index in [0.29, 0.717) is 26.9 Å². The highest BCUT2D eigenvalue weighted by molar-refractivity contribution is 9.10. The van der Waals surface area contributed by atoms with E-state index in [-0.39, 0.29) is 11.5 Å². The maximum atomic E-state index is 12.7. The van der Waals surface area contributed by atoms with Gasteiger partial charge in [0.05, 0.1) is 28.9 Å². The summed E-state index contributed by atoms with van der Waals surface area (Å²) in [5, 5.41) is 21.6. The summed E-state index contributed by atoms with van der Waals surface area (Å²) in [5.74, 6) is -0.521. The molecule has 0 aliphatic heterocycles. The van der Waals surface area contributed by atoms with Gasteiger partial charge in [0.1, 0.15) is 11.1 Å². The number of rotatable bonds is 9. The fraction of sp³-hybridized carbons (Fsp3) is 0.143. The molecule has 1 aromatic heterocycles. The van der Waals surface area contributed by atoms with Gasteiger partial charge in [-0.15, -0.1) is 11.8 Å². The van der Waals surface area contributed by atoms with Crippen LogP contribution >= 0.6 is 39.3 Å². The van der Waals surface area contributed by atoms with E-state index in [1.807, 2.05) is 60.7 Å². The van der Waals surface area contributed by atoms with Crippen LogP contribution in [0.3, 0.4) is 0 Å². The van der Waals surface area contributed by atoms with Crippen LogP contribution in [-0.2, 0) is 15.6 Å². The quantitative estimate of drug-likeness (QED) is 0.210. The van der Waals surface area contributed by atoms with Gasteiger partial charge in [0.25, 0.3) is 0 Å². The lowest BCUT2D eigenvalue weighted by atomic mass is 9.99. The van der Waals surface area contributed by atoms with Crippen molar-refractivity contribution in [1.82, 2.24) is 4.98 Å². The molecule has 0 aliphatic rings. The average molecular weight is 614 g/mol. The summed E-state index contributed by atoms with van der Waals surface area (Å²) in [6.07, 6.45) is -1.13. The van der Waals surface area contributed by atoms with Gasteiger partial charge >= 0.3 is 0 Å². The van der Waals surface area contributed by atoms with E-state index >= 15 is 0 Å². The van der Waals surface area contributed by atoms with Crippen LogP contribution in [-0.4, -0.2) is 36.1 Å². The summed E-state index contributed by atoms with van der Waals surface area (Å²) >= 11 is 10.5. The SMILES string of the molecule is N#Cc1c(-c2ccccc2)cc(-c2ccc(Br)cc2)nc1SCC(O)CS(=O)(=O)Cc1ccc(Cl)cc1. The zero-order valence-electron chi connectivity index (χ0n) is 19.5. The first-order valence-electron chi connectivity index (χ1n) is 11.3. The molecule has 0 radical (unpaired) electrons. The minimum atomic E-state index is -3.57. The van der Waals surface area contributed by atoms with Crippen LogP contribution in [0.15, 0.2) is 94.4 Å². The lowest BCUT2D eigenvalue weighted by molar-refractivity contribution is 0.222. The van der Waals surface area contributed by atoms with Crippen molar-refractivity contribution in [2.24, 2.45) is 0 Å². The predicted molar refractivity (Wildman–Crippen MR) is 153 cm³/mol. The second kappa shape index (κ2) is 12.2. The Morgan fingerprint density at radius 3 is 2.32 bits per heavy atom. The van der Waals surface area contributed by atoms with Crippen molar-refractivity contribution < 1.29 is 13.5 Å². The number of nitrogens with zero attached hydrogens (tertiary/aromatic N) is 2. The van der Waals surface area contributed by atoms with Crippen LogP contribution in [0.25, 0.3) is 22.4 Å². The molecule has 4 aromatic rings. The van der Waals surface area contributed by atoms with Crippen molar-refractivity contribution >= 4 is 49.1 Å². The Morgan fingerprint density at radius 1 is 1.00 bits per heavy atom. The topological polar surface area (TPSA) is 91.0 Å². The van der Waals surface area contributed by atoms with Gasteiger partial charge in [0.2, 0.25) is 0 Å². The lowest BCUT2D eigenvalue weighted by Crippen LogP contribution is -2.24. The molecule has 0 amide bonds. The first-order chi connectivity index (χ1) is 17.7. The summed E-state index contributed by atoms with van der Waals surface area (Å²) in [5.41, 5.74) is 4.13. The first-order valence-corrected chi connectivity index (χ1v) is 15.2. The third-order valence-electron chi connectivity index (χ3n) is 5.48. The molecule has 9 heteroatoms. The van der Waals surface area contributed by atoms with Crippen molar-refractivity contribution in [1.29, 1.82) is 5.26 Å². The largest absolute Gasteiger partial charge is 0.391 e. The number of aliphatic hydroxyl groups is 1. The van der Waals surface area contributed by atoms with Gasteiger partial charge < -0.3 is 5.11 Å². The number of sulfone groups is 1. The number of halogens is 2. The van der Waals surface area contributed by atoms with Gasteiger partial charge in [-0.3, -0.25) is 0 Å². The number of benzene rings is 3. The number of thioether (sulfide) groups is 1. The zero-order chi connectivity index (χ0) is 26.4. The molecule has 0 saturated carbocycles. The molecule has 0 bridgehead atoms. The van der Waals surface area contributed by atoms with Crippen molar-refractivity contribution in [2.45, 2.75) is 16.9 Å². The van der Waals surface area contributed by atoms with Crippen LogP contribution in [0.2, 0.25) is 5.02 Å². The number of hydrogen-bond donors (Lipinski definition) is 1. The van der Waals surface area contributed by atoms with Gasteiger partial charge in [-0.2, -0.15) is 5.26 Å². The molecule has 5 nitrogen and oxygen atoms in total. The van der Waals surface area contributed by atoms with E-state index in [1.54, 1.807) is 24.3 Å². The Hall–Kier alpha value is -2.67. The average Bonchev–Trinajstić information content (AvgIpc) is 2.88. The molecule has 1 unspecified atom stereocenters. The Labute approximate surface area is 234 Å². The third kappa shape index (κ3) is 7.44. The molecule has 188 valence electrons. The van der Waals surface area contributed by atoms with Crippen LogP contribution in [0.5, 0.6) is 0 Å². The molecule has 0 saturated heterocycles. The third-order valence-corrected chi connectivity index (χ3v) is 9.05. The highest BCUT2D eigenvalue weighted by Gasteiger charge is 2.21. The molecule has 1 N–H and O–H groups in total. The Balaban J connectivity index is 1.59. The number of aromatic nitrogens is 1. The maximum absolute atomic E-state index is 12.7. The first kappa shape index (κ1) is 27.4. The van der Waals surface area contributed by atoms with Crippen LogP contribution in [0.4, 0.5) is 0 Å². The summed E-state index contributed by atoms with van der Waals surface area (Å²) in [6, 6.07) is 28.0. The molecule has 4 rings (SSSR count). The predicted octanol–water partition coefficient (Wildman–Crippen LogP) is 6.77. The maximum Gasteiger partial charge on any atom is 0.157 e. The summed E-state index contributed by atoms with van der Waals surface area (Å²) in [7, 11) is -3.57. The summed E-state index contributed by atoms with van der Waals surface area (Å²) < 4.78 is 26.3. The van der Waals surface area contributed by atoms with Gasteiger partial charge in [-0.25, -0.2) is 13.4 Å². The van der Waals surface area contributed by atoms with Crippen molar-refractivity contribution in [2.75, 3.05) is 11.5 Å². The zero-order valence-corrected chi connectivity index (χ0v) is 23.5. The summed E-state index contributed by atoms with van der Waals surface area (Å²) in [6.45, 7) is 0. The minimum Gasteiger partial charge on any atom is -0.391 e. The highest BCUT2D eigenvalue weighted by Crippen LogP contribution is 2.34. The second-order valence-electron chi connectivity index (χ2n) is 8.37. The Bertz CT molecular complexity index is 1520. The normalized spacial score (nSPS) is 12.2. The monoisotopic (exact) mass is 612 g/mol. The fourth-order valence-electron chi connectivity index (χ4n) is 3.76. The van der Waals surface area contributed by atoms with Gasteiger partial charge in [-0.1, -0.05) is 82.1 Å². The van der Waals surface area contributed by atoms with Crippen LogP contribution in [0, 0.1) is 11.3 Å². The standard InChI is InChI=1S/C28H22BrClN2O3S2/c29-22-10-8-21(9-11-22)27-14-25(20-4-2-1-3-5-20)26(15-31)28(32-27)36-16-24(33)18-37(34,35)17-19-6-12-23(30)13-7-19/h1-14,24,33H,16-18H2. The van der Waals surface area contributed by atoms with E-state index in [1.165, 1.54) is 11.8 Å². The smallest absolute Gasteiger partial charge is 0.157 e. The van der Waals surface area contributed by atoms with Crippen molar-refractivity contribution in [3.63, 3.8) is 0 Å². The van der Waals surface area contributed by atoms with E-state index in [4.69, 9.17) is 16.6 Å². The van der Waals surface area contributed by atoms with Crippen LogP contribution in [0.1, 0.15) is 11.1 Å². The lowest BCUT2D eigenvalue weighted by Gasteiger charge is -2.15. The van der Waals surface area contributed by atoms with Crippen molar-refractivity contribution in [3.05, 3.63) is 106 Å². The van der Waals surface area contributed by atoms with E-state index in [2.05, 4.69) is 22.0 Å². The number of pyridine rings is 1. The number of hydrogen-bond acceptors (Lipinski definition) is 6. The molecular weight excluding hydrogens is 592 g/mol. The molecule has 0 aliphatic carbocycles. The Morgan fingerprint density at radius 2 is 1.68 bits per heavy atom. The van der Waals surface area contributed by atoms with E-state index < -0.39 is 21.7 Å². The number of aliphatic hydroxyl groups excluding tert-OH is 1. The van der Waals surface area contributed by atoms with Crippen LogP contribution < -0.4 is 0 Å². The highest BCUT2D eigenvalue weighted by atomic mass is 79.9. The van der Waals surface area contributed by atoms with E-state index in [9.17, 15) is 18.8 Å². The second-order valence-corrected chi connectivity index (χ2v) is 12.8. The molecular formula is C28H22BrClN2O3S2. The van der Waals surface area contributed by atoms with Gasteiger partial charge in [-0.05, 0) is 41.5 Å². The molecule has 3 aromatic carbocycles. The fourth-order valence-corrected chi connectivity index (χ4v) is 6.75. The Kier molecular flexibility index (Phi) is 9.06. The van der Waals surface area contributed by atoms with Gasteiger partial charge in [0.15, 0.2) is 9.84 Å².